The number of esters is 1. The second-order valence-electron chi connectivity index (χ2n) is 4.13. The van der Waals surface area contributed by atoms with Gasteiger partial charge in [0.2, 0.25) is 0 Å². The van der Waals surface area contributed by atoms with Crippen molar-refractivity contribution in [2.75, 3.05) is 18.5 Å². The maximum absolute atomic E-state index is 11.6. The van der Waals surface area contributed by atoms with Gasteiger partial charge in [0, 0.05) is 12.2 Å². The minimum Gasteiger partial charge on any atom is -0.462 e. The fourth-order valence-electron chi connectivity index (χ4n) is 1.60. The van der Waals surface area contributed by atoms with Crippen LogP contribution < -0.4 is 11.1 Å². The molecule has 0 spiro atoms. The monoisotopic (exact) mass is 273 g/mol. The molecule has 0 aliphatic rings. The molecule has 0 unspecified atom stereocenters. The lowest BCUT2D eigenvalue weighted by Crippen LogP contribution is -2.12. The Bertz CT molecular complexity index is 527. The summed E-state index contributed by atoms with van der Waals surface area (Å²) in [7, 11) is 0. The van der Waals surface area contributed by atoms with Crippen LogP contribution >= 0.6 is 0 Å². The van der Waals surface area contributed by atoms with E-state index in [1.807, 2.05) is 12.1 Å². The molecule has 0 aliphatic heterocycles. The minimum absolute atomic E-state index is 0.132. The van der Waals surface area contributed by atoms with Crippen LogP contribution in [0.3, 0.4) is 0 Å². The number of rotatable bonds is 6. The molecule has 0 heterocycles. The molecule has 20 heavy (non-hydrogen) atoms. The van der Waals surface area contributed by atoms with Gasteiger partial charge in [0.1, 0.15) is 6.07 Å². The van der Waals surface area contributed by atoms with E-state index in [0.29, 0.717) is 5.56 Å². The van der Waals surface area contributed by atoms with E-state index in [1.54, 1.807) is 25.1 Å². The third kappa shape index (κ3) is 4.02. The van der Waals surface area contributed by atoms with Gasteiger partial charge in [-0.05, 0) is 31.0 Å². The summed E-state index contributed by atoms with van der Waals surface area (Å²) in [5, 5.41) is 12.3. The largest absolute Gasteiger partial charge is 0.462 e. The molecule has 0 bridgehead atoms. The molecule has 0 amide bonds. The third-order valence-electron chi connectivity index (χ3n) is 2.64. The molecule has 1 aromatic rings. The van der Waals surface area contributed by atoms with Crippen molar-refractivity contribution in [2.45, 2.75) is 20.3 Å². The molecular formula is C15H19N3O2. The zero-order chi connectivity index (χ0) is 15.0. The number of hydrogen-bond donors (Lipinski definition) is 2. The first-order chi connectivity index (χ1) is 9.63. The van der Waals surface area contributed by atoms with Crippen molar-refractivity contribution >= 4 is 17.4 Å². The van der Waals surface area contributed by atoms with Crippen LogP contribution in [0.15, 0.2) is 29.8 Å². The average molecular weight is 273 g/mol. The number of nitriles is 1. The first-order valence-corrected chi connectivity index (χ1v) is 6.55. The lowest BCUT2D eigenvalue weighted by molar-refractivity contribution is -0.137. The van der Waals surface area contributed by atoms with E-state index in [0.717, 1.165) is 18.7 Å². The summed E-state index contributed by atoms with van der Waals surface area (Å²) >= 11 is 0. The van der Waals surface area contributed by atoms with Gasteiger partial charge in [0.05, 0.1) is 12.3 Å². The van der Waals surface area contributed by atoms with Crippen molar-refractivity contribution in [3.05, 3.63) is 35.4 Å². The Morgan fingerprint density at radius 2 is 2.00 bits per heavy atom. The van der Waals surface area contributed by atoms with Crippen molar-refractivity contribution in [1.29, 1.82) is 5.26 Å². The SMILES string of the molecule is CCCNc1ccc(/C(N)=C(\C#N)C(=O)OCC)cc1. The zero-order valence-electron chi connectivity index (χ0n) is 11.8. The highest BCUT2D eigenvalue weighted by Crippen LogP contribution is 2.17. The lowest BCUT2D eigenvalue weighted by atomic mass is 10.1. The van der Waals surface area contributed by atoms with E-state index < -0.39 is 5.97 Å². The van der Waals surface area contributed by atoms with Crippen LogP contribution in [0.25, 0.3) is 5.70 Å². The van der Waals surface area contributed by atoms with Crippen LogP contribution in [-0.4, -0.2) is 19.1 Å². The van der Waals surface area contributed by atoms with Crippen molar-refractivity contribution in [1.82, 2.24) is 0 Å². The first kappa shape index (κ1) is 15.6. The summed E-state index contributed by atoms with van der Waals surface area (Å²) in [6.07, 6.45) is 1.03. The number of nitrogens with one attached hydrogen (secondary N) is 1. The predicted molar refractivity (Wildman–Crippen MR) is 78.6 cm³/mol. The van der Waals surface area contributed by atoms with E-state index in [1.165, 1.54) is 0 Å². The number of nitrogens with two attached hydrogens (primary N) is 1. The zero-order valence-corrected chi connectivity index (χ0v) is 11.8. The lowest BCUT2D eigenvalue weighted by Gasteiger charge is -2.08. The molecule has 3 N–H and O–H groups in total. The molecule has 0 radical (unpaired) electrons. The number of benzene rings is 1. The van der Waals surface area contributed by atoms with Crippen LogP contribution in [0.2, 0.25) is 0 Å². The maximum atomic E-state index is 11.6. The molecule has 1 aromatic carbocycles. The molecule has 0 atom stereocenters. The molecule has 0 aliphatic carbocycles. The van der Waals surface area contributed by atoms with Crippen LogP contribution in [0.5, 0.6) is 0 Å². The van der Waals surface area contributed by atoms with E-state index >= 15 is 0 Å². The molecule has 1 rings (SSSR count). The van der Waals surface area contributed by atoms with Gasteiger partial charge < -0.3 is 15.8 Å². The van der Waals surface area contributed by atoms with Crippen LogP contribution in [0.1, 0.15) is 25.8 Å². The van der Waals surface area contributed by atoms with Gasteiger partial charge >= 0.3 is 5.97 Å². The molecule has 0 saturated carbocycles. The smallest absolute Gasteiger partial charge is 0.351 e. The van der Waals surface area contributed by atoms with Gasteiger partial charge in [0.25, 0.3) is 0 Å². The Morgan fingerprint density at radius 3 is 2.50 bits per heavy atom. The predicted octanol–water partition coefficient (Wildman–Crippen LogP) is 2.26. The van der Waals surface area contributed by atoms with Crippen LogP contribution in [0, 0.1) is 11.3 Å². The Labute approximate surface area is 119 Å². The number of anilines is 1. The summed E-state index contributed by atoms with van der Waals surface area (Å²) in [5.74, 6) is -0.694. The molecule has 106 valence electrons. The van der Waals surface area contributed by atoms with Crippen molar-refractivity contribution < 1.29 is 9.53 Å². The average Bonchev–Trinajstić information content (AvgIpc) is 2.46. The summed E-state index contributed by atoms with van der Waals surface area (Å²) in [6, 6.07) is 9.05. The second kappa shape index (κ2) is 7.85. The standard InChI is InChI=1S/C15H19N3O2/c1-3-9-18-12-7-5-11(6-8-12)14(17)13(10-16)15(19)20-4-2/h5-8,18H,3-4,9,17H2,1-2H3/b14-13-. The van der Waals surface area contributed by atoms with E-state index in [2.05, 4.69) is 12.2 Å². The molecular weight excluding hydrogens is 254 g/mol. The number of ether oxygens (including phenoxy) is 1. The Kier molecular flexibility index (Phi) is 6.11. The van der Waals surface area contributed by atoms with Crippen LogP contribution in [-0.2, 0) is 9.53 Å². The van der Waals surface area contributed by atoms with Crippen molar-refractivity contribution in [3.8, 4) is 6.07 Å². The van der Waals surface area contributed by atoms with Crippen molar-refractivity contribution in [3.63, 3.8) is 0 Å². The highest BCUT2D eigenvalue weighted by Gasteiger charge is 2.15. The summed E-state index contributed by atoms with van der Waals surface area (Å²) in [4.78, 5) is 11.6. The van der Waals surface area contributed by atoms with Gasteiger partial charge in [-0.2, -0.15) is 5.26 Å². The molecule has 5 heteroatoms. The summed E-state index contributed by atoms with van der Waals surface area (Å²) in [6.45, 7) is 4.85. The molecule has 5 nitrogen and oxygen atoms in total. The second-order valence-corrected chi connectivity index (χ2v) is 4.13. The maximum Gasteiger partial charge on any atom is 0.351 e. The topological polar surface area (TPSA) is 88.1 Å². The number of carbonyl (C=O) groups excluding carboxylic acids is 1. The summed E-state index contributed by atoms with van der Waals surface area (Å²) in [5.41, 5.74) is 7.43. The van der Waals surface area contributed by atoms with E-state index in [4.69, 9.17) is 15.7 Å². The minimum atomic E-state index is -0.694. The first-order valence-electron chi connectivity index (χ1n) is 6.55. The Balaban J connectivity index is 2.97. The normalized spacial score (nSPS) is 11.2. The van der Waals surface area contributed by atoms with Crippen LogP contribution in [0.4, 0.5) is 5.69 Å². The quantitative estimate of drug-likeness (QED) is 0.471. The Hall–Kier alpha value is -2.48. The third-order valence-corrected chi connectivity index (χ3v) is 2.64. The fraction of sp³-hybridized carbons (Fsp3) is 0.333. The number of carbonyl (C=O) groups is 1. The Morgan fingerprint density at radius 1 is 1.35 bits per heavy atom. The van der Waals surface area contributed by atoms with Crippen molar-refractivity contribution in [2.24, 2.45) is 5.73 Å². The van der Waals surface area contributed by atoms with Gasteiger partial charge in [-0.3, -0.25) is 0 Å². The number of nitrogens with zero attached hydrogens (tertiary/aromatic N) is 1. The van der Waals surface area contributed by atoms with E-state index in [9.17, 15) is 4.79 Å². The van der Waals surface area contributed by atoms with Gasteiger partial charge in [-0.15, -0.1) is 0 Å². The van der Waals surface area contributed by atoms with Gasteiger partial charge in [0.15, 0.2) is 5.57 Å². The summed E-state index contributed by atoms with van der Waals surface area (Å²) < 4.78 is 4.80. The fourth-order valence-corrected chi connectivity index (χ4v) is 1.60. The van der Waals surface area contributed by atoms with E-state index in [-0.39, 0.29) is 17.9 Å². The van der Waals surface area contributed by atoms with Gasteiger partial charge in [-0.1, -0.05) is 19.1 Å². The molecule has 0 aromatic heterocycles. The highest BCUT2D eigenvalue weighted by molar-refractivity contribution is 6.01. The van der Waals surface area contributed by atoms with Gasteiger partial charge in [-0.25, -0.2) is 4.79 Å². The number of hydrogen-bond acceptors (Lipinski definition) is 5. The highest BCUT2D eigenvalue weighted by atomic mass is 16.5. The molecule has 0 saturated heterocycles. The molecule has 0 fully saturated rings.